The molecule has 0 aromatic carbocycles. The van der Waals surface area contributed by atoms with Crippen LogP contribution in [0.2, 0.25) is 0 Å². The zero-order valence-electron chi connectivity index (χ0n) is 26.4. The van der Waals surface area contributed by atoms with E-state index in [1.165, 1.54) is 51.4 Å². The number of aliphatic hydroxyl groups is 1. The molecule has 2 N–H and O–H groups in total. The lowest BCUT2D eigenvalue weighted by Crippen LogP contribution is -2.70. The Morgan fingerprint density at radius 3 is 2.10 bits per heavy atom. The lowest BCUT2D eigenvalue weighted by Gasteiger charge is -2.73. The van der Waals surface area contributed by atoms with E-state index in [-0.39, 0.29) is 27.7 Å². The number of fused-ring (bicyclic) bond motifs is 7. The third-order valence-corrected chi connectivity index (χ3v) is 13.1. The van der Waals surface area contributed by atoms with E-state index in [0.717, 1.165) is 18.8 Å². The number of carbonyl (C=O) groups excluding carboxylic acids is 1. The van der Waals surface area contributed by atoms with Crippen LogP contribution in [0.4, 0.5) is 0 Å². The summed E-state index contributed by atoms with van der Waals surface area (Å²) >= 11 is 0. The zero-order chi connectivity index (χ0) is 29.4. The van der Waals surface area contributed by atoms with Gasteiger partial charge in [-0.25, -0.2) is 0 Å². The monoisotopic (exact) mass is 545 g/mol. The maximum absolute atomic E-state index is 12.9. The topological polar surface area (TPSA) is 77.8 Å². The van der Waals surface area contributed by atoms with E-state index in [1.54, 1.807) is 6.08 Å². The van der Waals surface area contributed by atoms with E-state index >= 15 is 0 Å². The molecule has 0 aromatic heterocycles. The number of hydrogen-bond acceptors (Lipinski definition) is 3. The number of aliphatic hydroxyl groups excluding tert-OH is 1. The van der Waals surface area contributed by atoms with Gasteiger partial charge in [0.1, 0.15) is 6.42 Å². The van der Waals surface area contributed by atoms with Crippen LogP contribution >= 0.6 is 0 Å². The van der Waals surface area contributed by atoms with Gasteiger partial charge in [-0.1, -0.05) is 47.1 Å². The highest BCUT2D eigenvalue weighted by Crippen LogP contribution is 2.76. The second-order valence-corrected chi connectivity index (χ2v) is 14.6. The molecule has 1 aliphatic heterocycles. The predicted octanol–water partition coefficient (Wildman–Crippen LogP) is 7.72. The van der Waals surface area contributed by atoms with Gasteiger partial charge in [-0.05, 0) is 124 Å². The molecule has 4 saturated carbocycles. The highest BCUT2D eigenvalue weighted by Gasteiger charge is 2.69. The number of nitrogens with zero attached hydrogens (tertiary/aromatic N) is 1. The lowest BCUT2D eigenvalue weighted by atomic mass is 9.33. The van der Waals surface area contributed by atoms with Crippen molar-refractivity contribution < 1.29 is 19.8 Å². The predicted molar refractivity (Wildman–Crippen MR) is 159 cm³/mol. The first kappa shape index (κ1) is 32.2. The summed E-state index contributed by atoms with van der Waals surface area (Å²) in [5, 5.41) is 19.7. The van der Waals surface area contributed by atoms with Crippen LogP contribution < -0.4 is 0 Å². The van der Waals surface area contributed by atoms with Gasteiger partial charge in [-0.2, -0.15) is 0 Å². The van der Waals surface area contributed by atoms with Crippen molar-refractivity contribution in [3.63, 3.8) is 0 Å². The summed E-state index contributed by atoms with van der Waals surface area (Å²) in [7, 11) is 0. The Labute approximate surface area is 239 Å². The highest BCUT2D eigenvalue weighted by molar-refractivity contribution is 5.93. The Morgan fingerprint density at radius 1 is 0.872 bits per heavy atom. The fourth-order valence-electron chi connectivity index (χ4n) is 11.4. The van der Waals surface area contributed by atoms with Crippen LogP contribution in [0.25, 0.3) is 0 Å². The molecular formula is C34H59NO4. The molecule has 8 atom stereocenters. The second-order valence-electron chi connectivity index (χ2n) is 14.6. The smallest absolute Gasteiger partial charge is 0.312 e. The lowest BCUT2D eigenvalue weighted by molar-refractivity contribution is -0.241. The van der Waals surface area contributed by atoms with Gasteiger partial charge in [0.2, 0.25) is 5.91 Å². The molecule has 5 nitrogen and oxygen atoms in total. The summed E-state index contributed by atoms with van der Waals surface area (Å²) in [6.45, 7) is 22.4. The molecule has 5 aliphatic rings. The van der Waals surface area contributed by atoms with Gasteiger partial charge >= 0.3 is 5.97 Å². The molecule has 1 saturated heterocycles. The molecule has 1 amide bonds. The number of carbonyl (C=O) groups is 2. The Balaban J connectivity index is 0.000000787. The van der Waals surface area contributed by atoms with Gasteiger partial charge in [-0.3, -0.25) is 9.59 Å². The molecular weight excluding hydrogens is 486 g/mol. The Morgan fingerprint density at radius 2 is 1.51 bits per heavy atom. The third-order valence-electron chi connectivity index (χ3n) is 13.1. The first-order valence-corrected chi connectivity index (χ1v) is 16.0. The van der Waals surface area contributed by atoms with Crippen LogP contribution in [0.5, 0.6) is 0 Å². The standard InChI is InChI=1S/C29H47NO4.C3H6.C2H6/c1-25(2)21-10-12-28(5)22(26(21,3)15-16-30(25)23(32)17-24(33)34)9-8-19-20-7-6-11-29(20,18-31)14-13-27(19,28)4;1-3-2;1-2/h19-22,31H,6-18H2,1-5H3,(H,33,34);3H,1H2,2H3;1-2H3/t19?,20?,21?,22?,26?,27-,28?,29?;;/m1../s1. The minimum absolute atomic E-state index is 0.172. The number of aliphatic carboxylic acids is 1. The number of amides is 1. The van der Waals surface area contributed by atoms with Crippen molar-refractivity contribution in [3.8, 4) is 0 Å². The molecule has 5 rings (SSSR count). The van der Waals surface area contributed by atoms with Crippen LogP contribution in [0.3, 0.4) is 0 Å². The number of carboxylic acid groups (broad SMARTS) is 1. The summed E-state index contributed by atoms with van der Waals surface area (Å²) < 4.78 is 0. The summed E-state index contributed by atoms with van der Waals surface area (Å²) in [5.41, 5.74) is 0.646. The second kappa shape index (κ2) is 11.5. The molecule has 1 heterocycles. The summed E-state index contributed by atoms with van der Waals surface area (Å²) in [4.78, 5) is 26.0. The molecule has 39 heavy (non-hydrogen) atoms. The van der Waals surface area contributed by atoms with Crippen molar-refractivity contribution in [2.24, 2.45) is 45.3 Å². The number of likely N-dealkylation sites (tertiary alicyclic amines) is 1. The molecule has 0 radical (unpaired) electrons. The van der Waals surface area contributed by atoms with Gasteiger partial charge in [0.15, 0.2) is 0 Å². The van der Waals surface area contributed by atoms with Crippen molar-refractivity contribution in [3.05, 3.63) is 12.7 Å². The Kier molecular flexibility index (Phi) is 9.48. The third kappa shape index (κ3) is 4.81. The van der Waals surface area contributed by atoms with Crippen LogP contribution in [-0.2, 0) is 9.59 Å². The molecule has 7 unspecified atom stereocenters. The summed E-state index contributed by atoms with van der Waals surface area (Å²) in [5.74, 6) is 1.20. The van der Waals surface area contributed by atoms with E-state index in [9.17, 15) is 19.8 Å². The maximum Gasteiger partial charge on any atom is 0.312 e. The summed E-state index contributed by atoms with van der Waals surface area (Å²) in [6, 6.07) is 0. The average molecular weight is 546 g/mol. The molecule has 0 bridgehead atoms. The number of allylic oxidation sites excluding steroid dienone is 1. The first-order chi connectivity index (χ1) is 18.3. The van der Waals surface area contributed by atoms with E-state index in [4.69, 9.17) is 0 Å². The molecule has 224 valence electrons. The number of rotatable bonds is 3. The Hall–Kier alpha value is -1.36. The Bertz CT molecular complexity index is 915. The van der Waals surface area contributed by atoms with E-state index < -0.39 is 12.4 Å². The van der Waals surface area contributed by atoms with Crippen molar-refractivity contribution in [2.45, 2.75) is 132 Å². The maximum atomic E-state index is 12.9. The molecule has 5 heteroatoms. The zero-order valence-corrected chi connectivity index (χ0v) is 26.4. The highest BCUT2D eigenvalue weighted by atomic mass is 16.4. The molecule has 5 fully saturated rings. The van der Waals surface area contributed by atoms with Crippen molar-refractivity contribution in [2.75, 3.05) is 13.2 Å². The SMILES string of the molecule is C=CC.CC.CC12CCN(C(=O)CC(=O)O)C(C)(C)C1CCC1(C)C2CCC2C3CCCC3(CO)CC[C@]21C. The minimum Gasteiger partial charge on any atom is -0.481 e. The van der Waals surface area contributed by atoms with E-state index in [0.29, 0.717) is 36.3 Å². The number of hydrogen-bond donors (Lipinski definition) is 2. The minimum atomic E-state index is -1.03. The molecule has 0 aromatic rings. The largest absolute Gasteiger partial charge is 0.481 e. The quantitative estimate of drug-likeness (QED) is 0.281. The van der Waals surface area contributed by atoms with Crippen LogP contribution in [0.15, 0.2) is 12.7 Å². The fourth-order valence-corrected chi connectivity index (χ4v) is 11.4. The van der Waals surface area contributed by atoms with E-state index in [2.05, 4.69) is 41.2 Å². The van der Waals surface area contributed by atoms with E-state index in [1.807, 2.05) is 25.7 Å². The van der Waals surface area contributed by atoms with Gasteiger partial charge in [-0.15, -0.1) is 6.58 Å². The molecule has 4 aliphatic carbocycles. The van der Waals surface area contributed by atoms with Gasteiger partial charge < -0.3 is 15.1 Å². The molecule has 0 spiro atoms. The van der Waals surface area contributed by atoms with Gasteiger partial charge in [0.05, 0.1) is 0 Å². The van der Waals surface area contributed by atoms with Gasteiger partial charge in [0.25, 0.3) is 0 Å². The normalized spacial score (nSPS) is 43.6. The first-order valence-electron chi connectivity index (χ1n) is 16.0. The number of carboxylic acids is 1. The summed E-state index contributed by atoms with van der Waals surface area (Å²) in [6.07, 6.45) is 13.4. The average Bonchev–Trinajstić information content (AvgIpc) is 3.30. The van der Waals surface area contributed by atoms with Crippen LogP contribution in [-0.4, -0.2) is 45.7 Å². The van der Waals surface area contributed by atoms with Crippen molar-refractivity contribution in [1.82, 2.24) is 4.90 Å². The van der Waals surface area contributed by atoms with Crippen LogP contribution in [0.1, 0.15) is 126 Å². The van der Waals surface area contributed by atoms with Crippen molar-refractivity contribution >= 4 is 11.9 Å². The van der Waals surface area contributed by atoms with Gasteiger partial charge in [0, 0.05) is 18.7 Å². The van der Waals surface area contributed by atoms with Crippen LogP contribution in [0, 0.1) is 45.3 Å². The number of piperidine rings is 1. The van der Waals surface area contributed by atoms with Crippen molar-refractivity contribution in [1.29, 1.82) is 0 Å². The fraction of sp³-hybridized carbons (Fsp3) is 0.882.